The molecule has 0 saturated carbocycles. The van der Waals surface area contributed by atoms with E-state index in [4.69, 9.17) is 15.2 Å². The number of ether oxygens (including phenoxy) is 2. The lowest BCUT2D eigenvalue weighted by Gasteiger charge is -2.13. The predicted molar refractivity (Wildman–Crippen MR) is 80.0 cm³/mol. The van der Waals surface area contributed by atoms with E-state index in [9.17, 15) is 0 Å². The number of benzene rings is 1. The number of methoxy groups -OCH3 is 2. The maximum atomic E-state index is 6.28. The third-order valence-electron chi connectivity index (χ3n) is 3.50. The first kappa shape index (κ1) is 14.8. The Bertz CT molecular complexity index is 565. The van der Waals surface area contributed by atoms with E-state index in [2.05, 4.69) is 16.5 Å². The smallest absolute Gasteiger partial charge is 0.126 e. The Morgan fingerprint density at radius 2 is 2.15 bits per heavy atom. The highest BCUT2D eigenvalue weighted by Crippen LogP contribution is 2.25. The van der Waals surface area contributed by atoms with Gasteiger partial charge >= 0.3 is 0 Å². The summed E-state index contributed by atoms with van der Waals surface area (Å²) >= 11 is 0. The third-order valence-corrected chi connectivity index (χ3v) is 3.50. The summed E-state index contributed by atoms with van der Waals surface area (Å²) < 4.78 is 12.5. The molecule has 0 bridgehead atoms. The van der Waals surface area contributed by atoms with E-state index in [1.807, 2.05) is 18.2 Å². The van der Waals surface area contributed by atoms with Crippen molar-refractivity contribution in [3.63, 3.8) is 0 Å². The van der Waals surface area contributed by atoms with Crippen LogP contribution in [-0.2, 0) is 11.3 Å². The summed E-state index contributed by atoms with van der Waals surface area (Å²) in [5.74, 6) is 1.75. The summed E-state index contributed by atoms with van der Waals surface area (Å²) in [7, 11) is 3.37. The molecule has 0 spiro atoms. The number of hydrogen-bond donors (Lipinski definition) is 1. The van der Waals surface area contributed by atoms with Crippen LogP contribution in [0.25, 0.3) is 11.0 Å². The number of nitrogens with two attached hydrogens (primary N) is 1. The molecule has 0 fully saturated rings. The molecule has 0 aliphatic rings. The van der Waals surface area contributed by atoms with Crippen molar-refractivity contribution in [3.05, 3.63) is 24.0 Å². The monoisotopic (exact) mass is 277 g/mol. The molecular weight excluding hydrogens is 254 g/mol. The van der Waals surface area contributed by atoms with E-state index in [-0.39, 0.29) is 6.04 Å². The molecule has 110 valence electrons. The Morgan fingerprint density at radius 3 is 2.80 bits per heavy atom. The molecule has 2 aromatic rings. The number of imidazole rings is 1. The molecule has 5 heteroatoms. The number of aromatic nitrogens is 2. The molecule has 0 aliphatic heterocycles. The lowest BCUT2D eigenvalue weighted by atomic mass is 10.1. The first-order chi connectivity index (χ1) is 9.71. The van der Waals surface area contributed by atoms with Gasteiger partial charge in [-0.25, -0.2) is 4.98 Å². The van der Waals surface area contributed by atoms with Crippen LogP contribution in [0.5, 0.6) is 5.75 Å². The Labute approximate surface area is 119 Å². The number of fused-ring (bicyclic) bond motifs is 1. The SMILES string of the molecule is CCn1c(C(N)CCCOC)nc2cc(OC)ccc21. The van der Waals surface area contributed by atoms with E-state index in [1.165, 1.54) is 0 Å². The summed E-state index contributed by atoms with van der Waals surface area (Å²) in [4.78, 5) is 4.69. The Morgan fingerprint density at radius 1 is 1.35 bits per heavy atom. The summed E-state index contributed by atoms with van der Waals surface area (Å²) in [6, 6.07) is 5.88. The molecule has 20 heavy (non-hydrogen) atoms. The molecule has 0 aliphatic carbocycles. The largest absolute Gasteiger partial charge is 0.497 e. The van der Waals surface area contributed by atoms with Crippen molar-refractivity contribution < 1.29 is 9.47 Å². The van der Waals surface area contributed by atoms with Gasteiger partial charge in [-0.2, -0.15) is 0 Å². The normalized spacial score (nSPS) is 12.8. The lowest BCUT2D eigenvalue weighted by Crippen LogP contribution is -2.17. The van der Waals surface area contributed by atoms with Gasteiger partial charge in [-0.15, -0.1) is 0 Å². The fraction of sp³-hybridized carbons (Fsp3) is 0.533. The molecule has 2 rings (SSSR count). The van der Waals surface area contributed by atoms with Crippen LogP contribution in [0.3, 0.4) is 0 Å². The number of rotatable bonds is 7. The van der Waals surface area contributed by atoms with Crippen LogP contribution in [0, 0.1) is 0 Å². The van der Waals surface area contributed by atoms with Crippen molar-refractivity contribution in [1.82, 2.24) is 9.55 Å². The van der Waals surface area contributed by atoms with Gasteiger partial charge in [0.05, 0.1) is 24.2 Å². The van der Waals surface area contributed by atoms with Gasteiger partial charge < -0.3 is 19.8 Å². The highest BCUT2D eigenvalue weighted by molar-refractivity contribution is 5.78. The van der Waals surface area contributed by atoms with Gasteiger partial charge in [-0.1, -0.05) is 0 Å². The average Bonchev–Trinajstić information content (AvgIpc) is 2.84. The van der Waals surface area contributed by atoms with E-state index in [0.29, 0.717) is 0 Å². The molecule has 2 N–H and O–H groups in total. The zero-order valence-corrected chi connectivity index (χ0v) is 12.4. The molecule has 1 unspecified atom stereocenters. The fourth-order valence-electron chi connectivity index (χ4n) is 2.45. The van der Waals surface area contributed by atoms with Gasteiger partial charge in [0.2, 0.25) is 0 Å². The van der Waals surface area contributed by atoms with Crippen LogP contribution in [0.4, 0.5) is 0 Å². The molecule has 1 heterocycles. The van der Waals surface area contributed by atoms with E-state index >= 15 is 0 Å². The van der Waals surface area contributed by atoms with Gasteiger partial charge in [-0.3, -0.25) is 0 Å². The van der Waals surface area contributed by atoms with Crippen molar-refractivity contribution in [2.24, 2.45) is 5.73 Å². The van der Waals surface area contributed by atoms with Gasteiger partial charge in [0.15, 0.2) is 0 Å². The van der Waals surface area contributed by atoms with Gasteiger partial charge in [-0.05, 0) is 31.9 Å². The first-order valence-corrected chi connectivity index (χ1v) is 7.00. The second-order valence-corrected chi connectivity index (χ2v) is 4.81. The highest BCUT2D eigenvalue weighted by Gasteiger charge is 2.16. The van der Waals surface area contributed by atoms with Crippen LogP contribution < -0.4 is 10.5 Å². The fourth-order valence-corrected chi connectivity index (χ4v) is 2.45. The minimum Gasteiger partial charge on any atom is -0.497 e. The van der Waals surface area contributed by atoms with Gasteiger partial charge in [0.25, 0.3) is 0 Å². The van der Waals surface area contributed by atoms with Crippen LogP contribution in [-0.4, -0.2) is 30.4 Å². The number of nitrogens with zero attached hydrogens (tertiary/aromatic N) is 2. The molecule has 0 amide bonds. The van der Waals surface area contributed by atoms with E-state index in [0.717, 1.165) is 48.6 Å². The topological polar surface area (TPSA) is 62.3 Å². The standard InChI is InChI=1S/C15H23N3O2/c1-4-18-14-8-7-11(20-3)10-13(14)17-15(18)12(16)6-5-9-19-2/h7-8,10,12H,4-6,9,16H2,1-3H3. The van der Waals surface area contributed by atoms with Crippen LogP contribution in [0.2, 0.25) is 0 Å². The summed E-state index contributed by atoms with van der Waals surface area (Å²) in [6.07, 6.45) is 1.81. The highest BCUT2D eigenvalue weighted by atomic mass is 16.5. The second kappa shape index (κ2) is 6.72. The molecule has 1 aromatic carbocycles. The van der Waals surface area contributed by atoms with Crippen molar-refractivity contribution in [2.75, 3.05) is 20.8 Å². The van der Waals surface area contributed by atoms with E-state index < -0.39 is 0 Å². The van der Waals surface area contributed by atoms with Crippen LogP contribution in [0.1, 0.15) is 31.6 Å². The molecule has 0 radical (unpaired) electrons. The van der Waals surface area contributed by atoms with Gasteiger partial charge in [0, 0.05) is 26.3 Å². The predicted octanol–water partition coefficient (Wildman–Crippen LogP) is 2.49. The van der Waals surface area contributed by atoms with Gasteiger partial charge in [0.1, 0.15) is 11.6 Å². The molecule has 5 nitrogen and oxygen atoms in total. The Kier molecular flexibility index (Phi) is 4.98. The van der Waals surface area contributed by atoms with Crippen molar-refractivity contribution in [2.45, 2.75) is 32.4 Å². The maximum absolute atomic E-state index is 6.28. The number of aryl methyl sites for hydroxylation is 1. The minimum atomic E-state index is -0.0662. The minimum absolute atomic E-state index is 0.0662. The van der Waals surface area contributed by atoms with E-state index in [1.54, 1.807) is 14.2 Å². The molecule has 1 aromatic heterocycles. The van der Waals surface area contributed by atoms with Crippen molar-refractivity contribution in [1.29, 1.82) is 0 Å². The molecular formula is C15H23N3O2. The first-order valence-electron chi connectivity index (χ1n) is 7.00. The summed E-state index contributed by atoms with van der Waals surface area (Å²) in [5.41, 5.74) is 8.31. The number of hydrogen-bond acceptors (Lipinski definition) is 4. The summed E-state index contributed by atoms with van der Waals surface area (Å²) in [6.45, 7) is 3.70. The quantitative estimate of drug-likeness (QED) is 0.790. The zero-order chi connectivity index (χ0) is 14.5. The third kappa shape index (κ3) is 2.94. The summed E-state index contributed by atoms with van der Waals surface area (Å²) in [5, 5.41) is 0. The maximum Gasteiger partial charge on any atom is 0.126 e. The molecule has 1 atom stereocenters. The Hall–Kier alpha value is -1.59. The van der Waals surface area contributed by atoms with Crippen LogP contribution >= 0.6 is 0 Å². The van der Waals surface area contributed by atoms with Crippen molar-refractivity contribution in [3.8, 4) is 5.75 Å². The average molecular weight is 277 g/mol. The second-order valence-electron chi connectivity index (χ2n) is 4.81. The Balaban J connectivity index is 2.32. The van der Waals surface area contributed by atoms with Crippen molar-refractivity contribution >= 4 is 11.0 Å². The van der Waals surface area contributed by atoms with Crippen LogP contribution in [0.15, 0.2) is 18.2 Å². The molecule has 0 saturated heterocycles. The lowest BCUT2D eigenvalue weighted by molar-refractivity contribution is 0.190. The zero-order valence-electron chi connectivity index (χ0n) is 12.4.